The Morgan fingerprint density at radius 3 is 2.52 bits per heavy atom. The van der Waals surface area contributed by atoms with Crippen molar-refractivity contribution in [2.24, 2.45) is 0 Å². The van der Waals surface area contributed by atoms with E-state index in [-0.39, 0.29) is 12.2 Å². The van der Waals surface area contributed by atoms with Crippen molar-refractivity contribution < 1.29 is 14.3 Å². The van der Waals surface area contributed by atoms with Crippen LogP contribution in [-0.4, -0.2) is 28.6 Å². The standard InChI is InChI=1S/C22H18Br2N2O4S/c1-4-29-19(27)10-30-20-14(23)7-13(8-15(20)24)9-18-21(28)26-17-6-12(3)11(2)5-16(17)25-22(26)31-18/h5-9H,4,10H2,1-3H3/b18-9-. The quantitative estimate of drug-likeness (QED) is 0.332. The minimum Gasteiger partial charge on any atom is -0.480 e. The van der Waals surface area contributed by atoms with Gasteiger partial charge in [0, 0.05) is 0 Å². The molecule has 2 heterocycles. The van der Waals surface area contributed by atoms with Crippen molar-refractivity contribution in [2.75, 3.05) is 13.2 Å². The highest BCUT2D eigenvalue weighted by Gasteiger charge is 2.14. The van der Waals surface area contributed by atoms with Crippen LogP contribution in [0.1, 0.15) is 23.6 Å². The molecule has 4 aromatic rings. The number of halogens is 2. The maximum absolute atomic E-state index is 13.1. The first-order valence-electron chi connectivity index (χ1n) is 9.50. The molecule has 31 heavy (non-hydrogen) atoms. The summed E-state index contributed by atoms with van der Waals surface area (Å²) >= 11 is 8.30. The van der Waals surface area contributed by atoms with Crippen molar-refractivity contribution >= 4 is 71.2 Å². The van der Waals surface area contributed by atoms with E-state index in [2.05, 4.69) is 36.8 Å². The second kappa shape index (κ2) is 8.72. The number of hydrogen-bond acceptors (Lipinski definition) is 6. The Morgan fingerprint density at radius 2 is 1.84 bits per heavy atom. The fourth-order valence-corrected chi connectivity index (χ4v) is 5.64. The van der Waals surface area contributed by atoms with Gasteiger partial charge in [-0.05, 0) is 99.7 Å². The monoisotopic (exact) mass is 564 g/mol. The third-order valence-corrected chi connectivity index (χ3v) is 6.96. The molecule has 9 heteroatoms. The van der Waals surface area contributed by atoms with Gasteiger partial charge < -0.3 is 9.47 Å². The second-order valence-corrected chi connectivity index (χ2v) is 9.70. The maximum Gasteiger partial charge on any atom is 0.344 e. The van der Waals surface area contributed by atoms with Gasteiger partial charge in [0.15, 0.2) is 11.6 Å². The lowest BCUT2D eigenvalue weighted by atomic mass is 10.1. The van der Waals surface area contributed by atoms with E-state index in [1.54, 1.807) is 11.3 Å². The minimum absolute atomic E-state index is 0.0966. The van der Waals surface area contributed by atoms with Crippen LogP contribution in [0.5, 0.6) is 5.75 Å². The first kappa shape index (κ1) is 22.0. The van der Waals surface area contributed by atoms with Crippen LogP contribution in [0.2, 0.25) is 0 Å². The first-order chi connectivity index (χ1) is 14.8. The third-order valence-electron chi connectivity index (χ3n) is 4.81. The van der Waals surface area contributed by atoms with E-state index in [4.69, 9.17) is 9.47 Å². The van der Waals surface area contributed by atoms with Crippen molar-refractivity contribution in [1.82, 2.24) is 9.38 Å². The summed E-state index contributed by atoms with van der Waals surface area (Å²) in [6.07, 6.45) is 1.82. The number of fused-ring (bicyclic) bond motifs is 3. The Bertz CT molecular complexity index is 1420. The van der Waals surface area contributed by atoms with E-state index < -0.39 is 5.97 Å². The van der Waals surface area contributed by atoms with Crippen LogP contribution in [0.4, 0.5) is 0 Å². The lowest BCUT2D eigenvalue weighted by Gasteiger charge is -2.10. The van der Waals surface area contributed by atoms with Gasteiger partial charge in [0.05, 0.1) is 31.1 Å². The fourth-order valence-electron chi connectivity index (χ4n) is 3.20. The highest BCUT2D eigenvalue weighted by Crippen LogP contribution is 2.35. The highest BCUT2D eigenvalue weighted by molar-refractivity contribution is 9.11. The minimum atomic E-state index is -0.437. The number of ether oxygens (including phenoxy) is 2. The molecule has 0 amide bonds. The summed E-state index contributed by atoms with van der Waals surface area (Å²) in [5.74, 6) is 0.0536. The number of carbonyl (C=O) groups excluding carboxylic acids is 1. The highest BCUT2D eigenvalue weighted by atomic mass is 79.9. The molecule has 0 N–H and O–H groups in total. The van der Waals surface area contributed by atoms with Gasteiger partial charge in [0.25, 0.3) is 5.56 Å². The molecule has 160 valence electrons. The topological polar surface area (TPSA) is 69.9 Å². The molecule has 2 aromatic heterocycles. The number of nitrogens with zero attached hydrogens (tertiary/aromatic N) is 2. The Labute approximate surface area is 198 Å². The zero-order valence-electron chi connectivity index (χ0n) is 17.0. The third kappa shape index (κ3) is 4.26. The van der Waals surface area contributed by atoms with Crippen LogP contribution >= 0.6 is 43.2 Å². The van der Waals surface area contributed by atoms with Crippen molar-refractivity contribution in [2.45, 2.75) is 20.8 Å². The lowest BCUT2D eigenvalue weighted by Crippen LogP contribution is -2.22. The summed E-state index contributed by atoms with van der Waals surface area (Å²) in [6.45, 7) is 5.92. The summed E-state index contributed by atoms with van der Waals surface area (Å²) in [5, 5.41) is 0. The molecule has 0 radical (unpaired) electrons. The van der Waals surface area contributed by atoms with Crippen LogP contribution in [0.15, 0.2) is 38.0 Å². The molecule has 0 unspecified atom stereocenters. The molecule has 0 spiro atoms. The number of rotatable bonds is 5. The summed E-state index contributed by atoms with van der Waals surface area (Å²) in [6, 6.07) is 7.68. The zero-order chi connectivity index (χ0) is 22.3. The van der Waals surface area contributed by atoms with Gasteiger partial charge >= 0.3 is 5.97 Å². The van der Waals surface area contributed by atoms with Gasteiger partial charge in [-0.2, -0.15) is 0 Å². The molecule has 0 aliphatic carbocycles. The van der Waals surface area contributed by atoms with Gasteiger partial charge in [-0.1, -0.05) is 11.3 Å². The van der Waals surface area contributed by atoms with Crippen LogP contribution in [-0.2, 0) is 9.53 Å². The number of aromatic nitrogens is 2. The molecule has 4 rings (SSSR count). The van der Waals surface area contributed by atoms with Gasteiger partial charge in [0.2, 0.25) is 0 Å². The van der Waals surface area contributed by atoms with Crippen molar-refractivity contribution in [1.29, 1.82) is 0 Å². The molecule has 0 aliphatic heterocycles. The van der Waals surface area contributed by atoms with Crippen LogP contribution in [0.3, 0.4) is 0 Å². The first-order valence-corrected chi connectivity index (χ1v) is 11.9. The predicted octanol–water partition coefficient (Wildman–Crippen LogP) is 4.54. The number of thiazole rings is 1. The lowest BCUT2D eigenvalue weighted by molar-refractivity contribution is -0.145. The number of aryl methyl sites for hydroxylation is 2. The molecule has 0 bridgehead atoms. The second-order valence-electron chi connectivity index (χ2n) is 6.98. The van der Waals surface area contributed by atoms with E-state index in [1.165, 1.54) is 11.3 Å². The van der Waals surface area contributed by atoms with Crippen LogP contribution in [0.25, 0.3) is 22.1 Å². The molecule has 0 aliphatic rings. The summed E-state index contributed by atoms with van der Waals surface area (Å²) in [5.41, 5.74) is 4.63. The number of esters is 1. The van der Waals surface area contributed by atoms with E-state index in [0.29, 0.717) is 30.8 Å². The summed E-state index contributed by atoms with van der Waals surface area (Å²) in [7, 11) is 0. The SMILES string of the molecule is CCOC(=O)COc1c(Br)cc(/C=c2\sc3nc4cc(C)c(C)cc4n3c2=O)cc1Br. The zero-order valence-corrected chi connectivity index (χ0v) is 21.0. The van der Waals surface area contributed by atoms with Gasteiger partial charge in [-0.25, -0.2) is 14.2 Å². The van der Waals surface area contributed by atoms with Crippen molar-refractivity contribution in [3.8, 4) is 5.75 Å². The molecule has 0 saturated carbocycles. The molecule has 6 nitrogen and oxygen atoms in total. The number of hydrogen-bond donors (Lipinski definition) is 0. The Kier molecular flexibility index (Phi) is 6.18. The predicted molar refractivity (Wildman–Crippen MR) is 129 cm³/mol. The molecular formula is C22H18Br2N2O4S. The largest absolute Gasteiger partial charge is 0.480 e. The normalized spacial score (nSPS) is 12.1. The van der Waals surface area contributed by atoms with E-state index in [1.807, 2.05) is 44.2 Å². The summed E-state index contributed by atoms with van der Waals surface area (Å²) in [4.78, 5) is 29.9. The van der Waals surface area contributed by atoms with Crippen LogP contribution in [0, 0.1) is 13.8 Å². The molecule has 0 saturated heterocycles. The maximum atomic E-state index is 13.1. The van der Waals surface area contributed by atoms with Gasteiger partial charge in [0.1, 0.15) is 5.75 Å². The molecular weight excluding hydrogens is 548 g/mol. The van der Waals surface area contributed by atoms with E-state index >= 15 is 0 Å². The van der Waals surface area contributed by atoms with Crippen LogP contribution < -0.4 is 14.8 Å². The number of carbonyl (C=O) groups is 1. The Hall–Kier alpha value is -2.23. The average molecular weight is 566 g/mol. The van der Waals surface area contributed by atoms with E-state index in [9.17, 15) is 9.59 Å². The van der Waals surface area contributed by atoms with Crippen molar-refractivity contribution in [3.05, 3.63) is 64.8 Å². The smallest absolute Gasteiger partial charge is 0.344 e. The molecule has 0 fully saturated rings. The van der Waals surface area contributed by atoms with Crippen molar-refractivity contribution in [3.63, 3.8) is 0 Å². The molecule has 2 aromatic carbocycles. The van der Waals surface area contributed by atoms with Gasteiger partial charge in [-0.3, -0.25) is 4.79 Å². The number of imidazole rings is 1. The number of benzene rings is 2. The fraction of sp³-hybridized carbons (Fsp3) is 0.227. The van der Waals surface area contributed by atoms with E-state index in [0.717, 1.165) is 27.7 Å². The van der Waals surface area contributed by atoms with Gasteiger partial charge in [-0.15, -0.1) is 0 Å². The molecule has 0 atom stereocenters. The Balaban J connectivity index is 1.73. The average Bonchev–Trinajstić information content (AvgIpc) is 3.18. The summed E-state index contributed by atoms with van der Waals surface area (Å²) < 4.78 is 14.0. The Morgan fingerprint density at radius 1 is 1.16 bits per heavy atom.